The standard InChI is InChI=1S/C17H15N3O/c18-17-11-10-13(12-19-17)20-15-8-4-5-9-16(15)21-14-6-2-1-3-7-14/h1-12,20H,(H2,18,19). The average Bonchev–Trinajstić information content (AvgIpc) is 2.52. The Morgan fingerprint density at radius 2 is 1.62 bits per heavy atom. The Balaban J connectivity index is 1.84. The maximum absolute atomic E-state index is 5.90. The lowest BCUT2D eigenvalue weighted by Crippen LogP contribution is -1.96. The Bertz CT molecular complexity index is 712. The van der Waals surface area contributed by atoms with Crippen molar-refractivity contribution in [1.82, 2.24) is 4.98 Å². The molecule has 0 spiro atoms. The van der Waals surface area contributed by atoms with Crippen molar-refractivity contribution in [2.24, 2.45) is 0 Å². The second kappa shape index (κ2) is 5.96. The molecule has 0 saturated carbocycles. The molecule has 3 aromatic rings. The molecule has 0 bridgehead atoms. The summed E-state index contributed by atoms with van der Waals surface area (Å²) in [4.78, 5) is 4.06. The van der Waals surface area contributed by atoms with Crippen LogP contribution in [0.4, 0.5) is 17.2 Å². The molecule has 0 unspecified atom stereocenters. The third kappa shape index (κ3) is 3.30. The van der Waals surface area contributed by atoms with Crippen LogP contribution in [-0.2, 0) is 0 Å². The van der Waals surface area contributed by atoms with Gasteiger partial charge < -0.3 is 15.8 Å². The molecule has 0 saturated heterocycles. The molecular formula is C17H15N3O. The van der Waals surface area contributed by atoms with E-state index in [1.54, 1.807) is 12.3 Å². The molecule has 2 aromatic carbocycles. The minimum atomic E-state index is 0.495. The summed E-state index contributed by atoms with van der Waals surface area (Å²) in [5.74, 6) is 2.04. The fourth-order valence-electron chi connectivity index (χ4n) is 1.91. The Hall–Kier alpha value is -3.01. The summed E-state index contributed by atoms with van der Waals surface area (Å²) in [5, 5.41) is 3.28. The number of nitrogens with zero attached hydrogens (tertiary/aromatic N) is 1. The van der Waals surface area contributed by atoms with Crippen LogP contribution < -0.4 is 15.8 Å². The summed E-state index contributed by atoms with van der Waals surface area (Å²) >= 11 is 0. The zero-order chi connectivity index (χ0) is 14.5. The summed E-state index contributed by atoms with van der Waals surface area (Å²) in [6.07, 6.45) is 1.69. The van der Waals surface area contributed by atoms with Crippen molar-refractivity contribution in [3.05, 3.63) is 72.9 Å². The molecule has 0 amide bonds. The number of anilines is 3. The lowest BCUT2D eigenvalue weighted by Gasteiger charge is -2.12. The van der Waals surface area contributed by atoms with Crippen LogP contribution in [0.3, 0.4) is 0 Å². The van der Waals surface area contributed by atoms with Gasteiger partial charge in [-0.15, -0.1) is 0 Å². The molecule has 0 aliphatic rings. The highest BCUT2D eigenvalue weighted by atomic mass is 16.5. The first-order valence-electron chi connectivity index (χ1n) is 6.62. The molecule has 0 fully saturated rings. The maximum Gasteiger partial charge on any atom is 0.150 e. The fourth-order valence-corrected chi connectivity index (χ4v) is 1.91. The van der Waals surface area contributed by atoms with Gasteiger partial charge in [-0.2, -0.15) is 0 Å². The van der Waals surface area contributed by atoms with Gasteiger partial charge >= 0.3 is 0 Å². The van der Waals surface area contributed by atoms with Gasteiger partial charge in [0.15, 0.2) is 5.75 Å². The molecule has 3 N–H and O–H groups in total. The molecule has 0 radical (unpaired) electrons. The van der Waals surface area contributed by atoms with Crippen LogP contribution in [0.5, 0.6) is 11.5 Å². The van der Waals surface area contributed by atoms with Crippen molar-refractivity contribution in [2.45, 2.75) is 0 Å². The molecule has 1 aromatic heterocycles. The predicted octanol–water partition coefficient (Wildman–Crippen LogP) is 4.20. The number of para-hydroxylation sites is 3. The molecule has 3 rings (SSSR count). The summed E-state index contributed by atoms with van der Waals surface area (Å²) in [7, 11) is 0. The van der Waals surface area contributed by atoms with E-state index in [0.717, 1.165) is 22.9 Å². The number of rotatable bonds is 4. The van der Waals surface area contributed by atoms with E-state index in [1.165, 1.54) is 0 Å². The van der Waals surface area contributed by atoms with Gasteiger partial charge in [0.2, 0.25) is 0 Å². The normalized spacial score (nSPS) is 10.1. The van der Waals surface area contributed by atoms with Crippen molar-refractivity contribution in [3.63, 3.8) is 0 Å². The molecular weight excluding hydrogens is 262 g/mol. The number of hydrogen-bond donors (Lipinski definition) is 2. The van der Waals surface area contributed by atoms with E-state index in [9.17, 15) is 0 Å². The minimum absolute atomic E-state index is 0.495. The summed E-state index contributed by atoms with van der Waals surface area (Å²) in [6.45, 7) is 0. The molecule has 4 heteroatoms. The first-order valence-corrected chi connectivity index (χ1v) is 6.62. The SMILES string of the molecule is Nc1ccc(Nc2ccccc2Oc2ccccc2)cn1. The Kier molecular flexibility index (Phi) is 3.69. The van der Waals surface area contributed by atoms with Gasteiger partial charge in [-0.1, -0.05) is 30.3 Å². The number of aromatic nitrogens is 1. The van der Waals surface area contributed by atoms with Crippen molar-refractivity contribution in [1.29, 1.82) is 0 Å². The minimum Gasteiger partial charge on any atom is -0.455 e. The number of nitrogens with two attached hydrogens (primary N) is 1. The number of ether oxygens (including phenoxy) is 1. The van der Waals surface area contributed by atoms with Gasteiger partial charge in [-0.05, 0) is 36.4 Å². The van der Waals surface area contributed by atoms with Crippen LogP contribution in [0, 0.1) is 0 Å². The Morgan fingerprint density at radius 3 is 2.38 bits per heavy atom. The van der Waals surface area contributed by atoms with E-state index in [-0.39, 0.29) is 0 Å². The highest BCUT2D eigenvalue weighted by molar-refractivity contribution is 5.66. The molecule has 1 heterocycles. The van der Waals surface area contributed by atoms with Gasteiger partial charge in [0.25, 0.3) is 0 Å². The number of nitrogen functional groups attached to an aromatic ring is 1. The quantitative estimate of drug-likeness (QED) is 0.750. The lowest BCUT2D eigenvalue weighted by atomic mass is 10.2. The lowest BCUT2D eigenvalue weighted by molar-refractivity contribution is 0.485. The van der Waals surface area contributed by atoms with Crippen LogP contribution in [-0.4, -0.2) is 4.98 Å². The van der Waals surface area contributed by atoms with E-state index < -0.39 is 0 Å². The zero-order valence-corrected chi connectivity index (χ0v) is 11.4. The smallest absolute Gasteiger partial charge is 0.150 e. The summed E-state index contributed by atoms with van der Waals surface area (Å²) in [6, 6.07) is 21.1. The van der Waals surface area contributed by atoms with Gasteiger partial charge in [-0.25, -0.2) is 4.98 Å². The van der Waals surface area contributed by atoms with Crippen LogP contribution in [0.15, 0.2) is 72.9 Å². The summed E-state index contributed by atoms with van der Waals surface area (Å²) in [5.41, 5.74) is 7.31. The molecule has 0 aliphatic heterocycles. The van der Waals surface area contributed by atoms with E-state index in [1.807, 2.05) is 60.7 Å². The second-order valence-electron chi connectivity index (χ2n) is 4.51. The monoisotopic (exact) mass is 277 g/mol. The van der Waals surface area contributed by atoms with Crippen molar-refractivity contribution in [3.8, 4) is 11.5 Å². The number of nitrogens with one attached hydrogen (secondary N) is 1. The van der Waals surface area contributed by atoms with Gasteiger partial charge in [-0.3, -0.25) is 0 Å². The number of pyridine rings is 1. The van der Waals surface area contributed by atoms with E-state index in [4.69, 9.17) is 10.5 Å². The molecule has 4 nitrogen and oxygen atoms in total. The van der Waals surface area contributed by atoms with Crippen molar-refractivity contribution in [2.75, 3.05) is 11.1 Å². The second-order valence-corrected chi connectivity index (χ2v) is 4.51. The van der Waals surface area contributed by atoms with E-state index in [2.05, 4.69) is 10.3 Å². The Morgan fingerprint density at radius 1 is 0.857 bits per heavy atom. The first kappa shape index (κ1) is 13.0. The van der Waals surface area contributed by atoms with Gasteiger partial charge in [0.05, 0.1) is 17.6 Å². The Labute approximate surface area is 123 Å². The van der Waals surface area contributed by atoms with Crippen LogP contribution in [0.25, 0.3) is 0 Å². The largest absolute Gasteiger partial charge is 0.455 e. The van der Waals surface area contributed by atoms with Crippen LogP contribution in [0.1, 0.15) is 0 Å². The fraction of sp³-hybridized carbons (Fsp3) is 0. The molecule has 0 aliphatic carbocycles. The predicted molar refractivity (Wildman–Crippen MR) is 84.9 cm³/mol. The average molecular weight is 277 g/mol. The van der Waals surface area contributed by atoms with Crippen molar-refractivity contribution < 1.29 is 4.74 Å². The third-order valence-electron chi connectivity index (χ3n) is 2.92. The van der Waals surface area contributed by atoms with Crippen LogP contribution >= 0.6 is 0 Å². The third-order valence-corrected chi connectivity index (χ3v) is 2.92. The topological polar surface area (TPSA) is 60.2 Å². The van der Waals surface area contributed by atoms with Crippen LogP contribution in [0.2, 0.25) is 0 Å². The van der Waals surface area contributed by atoms with Gasteiger partial charge in [0, 0.05) is 0 Å². The highest BCUT2D eigenvalue weighted by Crippen LogP contribution is 2.31. The molecule has 0 atom stereocenters. The summed E-state index contributed by atoms with van der Waals surface area (Å²) < 4.78 is 5.90. The van der Waals surface area contributed by atoms with E-state index in [0.29, 0.717) is 5.82 Å². The maximum atomic E-state index is 5.90. The highest BCUT2D eigenvalue weighted by Gasteiger charge is 2.04. The van der Waals surface area contributed by atoms with Crippen molar-refractivity contribution >= 4 is 17.2 Å². The number of hydrogen-bond acceptors (Lipinski definition) is 4. The van der Waals surface area contributed by atoms with E-state index >= 15 is 0 Å². The molecule has 104 valence electrons. The van der Waals surface area contributed by atoms with Gasteiger partial charge in [0.1, 0.15) is 11.6 Å². The molecule has 21 heavy (non-hydrogen) atoms. The zero-order valence-electron chi connectivity index (χ0n) is 11.4. The number of benzene rings is 2. The first-order chi connectivity index (χ1) is 10.3.